The van der Waals surface area contributed by atoms with Gasteiger partial charge in [0.05, 0.1) is 24.5 Å². The van der Waals surface area contributed by atoms with Crippen LogP contribution < -0.4 is 0 Å². The Hall–Kier alpha value is -3.20. The summed E-state index contributed by atoms with van der Waals surface area (Å²) in [6, 6.07) is 3.84. The lowest BCUT2D eigenvalue weighted by Crippen LogP contribution is -2.61. The third kappa shape index (κ3) is 5.48. The van der Waals surface area contributed by atoms with Gasteiger partial charge in [0.25, 0.3) is 0 Å². The zero-order valence-electron chi connectivity index (χ0n) is 20.2. The van der Waals surface area contributed by atoms with E-state index >= 15 is 0 Å². The van der Waals surface area contributed by atoms with E-state index in [4.69, 9.17) is 18.9 Å². The summed E-state index contributed by atoms with van der Waals surface area (Å²) in [5.74, 6) is -4.59. The van der Waals surface area contributed by atoms with E-state index in [2.05, 4.69) is 0 Å². The highest BCUT2D eigenvalue weighted by molar-refractivity contribution is 5.87. The van der Waals surface area contributed by atoms with Crippen LogP contribution in [-0.4, -0.2) is 97.4 Å². The molecule has 208 valence electrons. The summed E-state index contributed by atoms with van der Waals surface area (Å²) in [5, 5.41) is 69.5. The monoisotopic (exact) mass is 538 g/mol. The number of carboxylic acid groups (broad SMARTS) is 1. The molecule has 3 aliphatic rings. The number of ether oxygens (including phenoxy) is 4. The number of hydrogen-bond donors (Lipinski definition) is 7. The molecule has 0 spiro atoms. The van der Waals surface area contributed by atoms with Crippen molar-refractivity contribution >= 4 is 18.0 Å². The van der Waals surface area contributed by atoms with Crippen LogP contribution in [0, 0.1) is 17.8 Å². The standard InChI is InChI=1S/C25H30O13/c1-10-15(28)7-12-13(23(33)34)9-35-24(19(10)12)38-25-22(21(32)20(31)17(8-26)36-25)37-18(30)5-3-11-2-4-14(27)16(29)6-11/h2-6,9-10,12,15,17,19-22,24-29,31-32H,7-8H2,1H3,(H,33,34)/t10-,12+,15-,17+,19+,20+,21-,22+,24-,25-/m0/s1. The number of hydrogen-bond acceptors (Lipinski definition) is 12. The minimum atomic E-state index is -1.74. The number of aliphatic carboxylic acids is 1. The summed E-state index contributed by atoms with van der Waals surface area (Å²) in [7, 11) is 0. The Morgan fingerprint density at radius 2 is 1.84 bits per heavy atom. The van der Waals surface area contributed by atoms with E-state index in [0.717, 1.165) is 12.3 Å². The van der Waals surface area contributed by atoms with Crippen molar-refractivity contribution in [2.45, 2.75) is 56.4 Å². The minimum absolute atomic E-state index is 0.0279. The second-order valence-corrected chi connectivity index (χ2v) is 9.55. The van der Waals surface area contributed by atoms with Crippen molar-refractivity contribution in [1.29, 1.82) is 0 Å². The van der Waals surface area contributed by atoms with E-state index in [1.165, 1.54) is 24.3 Å². The quantitative estimate of drug-likeness (QED) is 0.132. The Morgan fingerprint density at radius 3 is 2.50 bits per heavy atom. The summed E-state index contributed by atoms with van der Waals surface area (Å²) in [6.07, 6.45) is -6.37. The maximum atomic E-state index is 12.6. The molecular weight excluding hydrogens is 508 g/mol. The lowest BCUT2D eigenvalue weighted by atomic mass is 9.83. The van der Waals surface area contributed by atoms with Gasteiger partial charge in [0.1, 0.15) is 18.3 Å². The highest BCUT2D eigenvalue weighted by Crippen LogP contribution is 2.47. The Balaban J connectivity index is 1.54. The normalized spacial score (nSPS) is 36.8. The van der Waals surface area contributed by atoms with Crippen molar-refractivity contribution in [1.82, 2.24) is 0 Å². The van der Waals surface area contributed by atoms with E-state index in [0.29, 0.717) is 5.56 Å². The van der Waals surface area contributed by atoms with E-state index in [1.54, 1.807) is 6.92 Å². The third-order valence-corrected chi connectivity index (χ3v) is 7.22. The number of phenols is 2. The van der Waals surface area contributed by atoms with Gasteiger partial charge >= 0.3 is 11.9 Å². The largest absolute Gasteiger partial charge is 0.504 e. The molecule has 2 fully saturated rings. The van der Waals surface area contributed by atoms with E-state index in [9.17, 15) is 45.3 Å². The topological polar surface area (TPSA) is 213 Å². The summed E-state index contributed by atoms with van der Waals surface area (Å²) in [5.41, 5.74) is 0.321. The maximum absolute atomic E-state index is 12.6. The summed E-state index contributed by atoms with van der Waals surface area (Å²) < 4.78 is 22.4. The van der Waals surface area contributed by atoms with Crippen LogP contribution in [0.3, 0.4) is 0 Å². The average molecular weight is 539 g/mol. The highest BCUT2D eigenvalue weighted by atomic mass is 16.8. The zero-order valence-corrected chi connectivity index (χ0v) is 20.2. The van der Waals surface area contributed by atoms with Crippen LogP contribution in [0.5, 0.6) is 11.5 Å². The molecule has 7 N–H and O–H groups in total. The summed E-state index contributed by atoms with van der Waals surface area (Å²) >= 11 is 0. The van der Waals surface area contributed by atoms with Gasteiger partial charge in [-0.2, -0.15) is 0 Å². The SMILES string of the molecule is C[C@@H]1[C@H]2[C@H](O[C@@H]3O[C@H](CO)[C@@H](O)[C@H](O)[C@H]3OC(=O)C=Cc3ccc(O)c(O)c3)OC=C(C(=O)O)[C@H]2C[C@@H]1O. The fraction of sp³-hybridized carbons (Fsp3) is 0.520. The van der Waals surface area contributed by atoms with Crippen LogP contribution in [0.4, 0.5) is 0 Å². The molecule has 10 atom stereocenters. The fourth-order valence-electron chi connectivity index (χ4n) is 5.08. The average Bonchev–Trinajstić information content (AvgIpc) is 3.18. The van der Waals surface area contributed by atoms with Gasteiger partial charge in [0, 0.05) is 17.9 Å². The summed E-state index contributed by atoms with van der Waals surface area (Å²) in [6.45, 7) is 1.01. The second-order valence-electron chi connectivity index (χ2n) is 9.55. The first-order valence-electron chi connectivity index (χ1n) is 12.0. The molecular formula is C25H30O13. The molecule has 13 nitrogen and oxygen atoms in total. The van der Waals surface area contributed by atoms with E-state index in [-0.39, 0.29) is 17.7 Å². The van der Waals surface area contributed by atoms with Gasteiger partial charge in [-0.15, -0.1) is 0 Å². The molecule has 0 bridgehead atoms. The Labute approximate surface area is 216 Å². The minimum Gasteiger partial charge on any atom is -0.504 e. The van der Waals surface area contributed by atoms with Gasteiger partial charge in [-0.3, -0.25) is 0 Å². The molecule has 13 heteroatoms. The number of aliphatic hydroxyl groups excluding tert-OH is 4. The van der Waals surface area contributed by atoms with E-state index < -0.39 is 85.1 Å². The van der Waals surface area contributed by atoms with Crippen LogP contribution in [-0.2, 0) is 28.5 Å². The third-order valence-electron chi connectivity index (χ3n) is 7.22. The van der Waals surface area contributed by atoms with Gasteiger partial charge in [-0.25, -0.2) is 9.59 Å². The Bertz CT molecular complexity index is 1100. The number of esters is 1. The molecule has 2 heterocycles. The van der Waals surface area contributed by atoms with Crippen molar-refractivity contribution in [3.05, 3.63) is 41.7 Å². The molecule has 0 aromatic heterocycles. The summed E-state index contributed by atoms with van der Waals surface area (Å²) in [4.78, 5) is 24.2. The molecule has 1 aromatic rings. The lowest BCUT2D eigenvalue weighted by molar-refractivity contribution is -0.343. The van der Waals surface area contributed by atoms with Crippen molar-refractivity contribution in [2.24, 2.45) is 17.8 Å². The van der Waals surface area contributed by atoms with Crippen molar-refractivity contribution in [2.75, 3.05) is 6.61 Å². The maximum Gasteiger partial charge on any atom is 0.334 e. The Kier molecular flexibility index (Phi) is 8.25. The van der Waals surface area contributed by atoms with Crippen LogP contribution in [0.1, 0.15) is 18.9 Å². The molecule has 4 rings (SSSR count). The number of carbonyl (C=O) groups is 2. The number of rotatable bonds is 7. The van der Waals surface area contributed by atoms with Crippen molar-refractivity contribution in [3.63, 3.8) is 0 Å². The first-order valence-corrected chi connectivity index (χ1v) is 12.0. The molecule has 1 aromatic carbocycles. The first kappa shape index (κ1) is 27.8. The number of aliphatic hydroxyl groups is 4. The molecule has 1 aliphatic carbocycles. The number of carboxylic acids is 1. The molecule has 2 aliphatic heterocycles. The van der Waals surface area contributed by atoms with Crippen molar-refractivity contribution < 1.29 is 64.3 Å². The van der Waals surface area contributed by atoms with Gasteiger partial charge < -0.3 is 54.7 Å². The van der Waals surface area contributed by atoms with Gasteiger partial charge in [-0.1, -0.05) is 13.0 Å². The smallest absolute Gasteiger partial charge is 0.334 e. The molecule has 0 amide bonds. The lowest BCUT2D eigenvalue weighted by Gasteiger charge is -2.44. The van der Waals surface area contributed by atoms with Crippen LogP contribution in [0.15, 0.2) is 36.1 Å². The highest BCUT2D eigenvalue weighted by Gasteiger charge is 2.54. The number of fused-ring (bicyclic) bond motifs is 1. The molecule has 1 saturated carbocycles. The van der Waals surface area contributed by atoms with E-state index in [1.807, 2.05) is 0 Å². The van der Waals surface area contributed by atoms with Crippen molar-refractivity contribution in [3.8, 4) is 11.5 Å². The molecule has 38 heavy (non-hydrogen) atoms. The predicted molar refractivity (Wildman–Crippen MR) is 125 cm³/mol. The van der Waals surface area contributed by atoms with Crippen LogP contribution in [0.2, 0.25) is 0 Å². The van der Waals surface area contributed by atoms with Crippen LogP contribution in [0.25, 0.3) is 6.08 Å². The fourth-order valence-corrected chi connectivity index (χ4v) is 5.08. The number of phenolic OH excluding ortho intramolecular Hbond substituents is 2. The number of carbonyl (C=O) groups excluding carboxylic acids is 1. The molecule has 0 radical (unpaired) electrons. The first-order chi connectivity index (χ1) is 18.0. The second kappa shape index (κ2) is 11.3. The van der Waals surface area contributed by atoms with Gasteiger partial charge in [0.2, 0.25) is 12.6 Å². The number of benzene rings is 1. The van der Waals surface area contributed by atoms with Gasteiger partial charge in [0.15, 0.2) is 17.6 Å². The van der Waals surface area contributed by atoms with Crippen LogP contribution >= 0.6 is 0 Å². The zero-order chi connectivity index (χ0) is 27.7. The number of aromatic hydroxyl groups is 2. The molecule has 1 saturated heterocycles. The Morgan fingerprint density at radius 1 is 1.11 bits per heavy atom. The van der Waals surface area contributed by atoms with Gasteiger partial charge in [-0.05, 0) is 36.1 Å². The molecule has 0 unspecified atom stereocenters. The predicted octanol–water partition coefficient (Wildman–Crippen LogP) is -0.564.